The second-order valence-corrected chi connectivity index (χ2v) is 6.12. The lowest BCUT2D eigenvalue weighted by molar-refractivity contribution is -0.145. The number of carboxylic acids is 1. The first-order chi connectivity index (χ1) is 12.1. The summed E-state index contributed by atoms with van der Waals surface area (Å²) in [5, 5.41) is 9.21. The molecule has 1 unspecified atom stereocenters. The lowest BCUT2D eigenvalue weighted by Crippen LogP contribution is -2.41. The number of ether oxygens (including phenoxy) is 1. The molecular weight excluding hydrogens is 318 g/mol. The van der Waals surface area contributed by atoms with Crippen molar-refractivity contribution in [2.24, 2.45) is 0 Å². The van der Waals surface area contributed by atoms with Gasteiger partial charge in [0.1, 0.15) is 12.3 Å². The summed E-state index contributed by atoms with van der Waals surface area (Å²) in [6.45, 7) is 0.562. The average Bonchev–Trinajstić information content (AvgIpc) is 2.64. The van der Waals surface area contributed by atoms with Gasteiger partial charge in [-0.1, -0.05) is 48.5 Å². The third-order valence-electron chi connectivity index (χ3n) is 4.41. The summed E-state index contributed by atoms with van der Waals surface area (Å²) in [6.07, 6.45) is 1.20. The Kier molecular flexibility index (Phi) is 5.33. The maximum atomic E-state index is 13.0. The van der Waals surface area contributed by atoms with E-state index in [1.54, 1.807) is 0 Å². The summed E-state index contributed by atoms with van der Waals surface area (Å²) in [7, 11) is 0. The second-order valence-electron chi connectivity index (χ2n) is 6.12. The number of hydrogen-bond donors (Lipinski definition) is 1. The molecule has 3 rings (SSSR count). The van der Waals surface area contributed by atoms with E-state index in [4.69, 9.17) is 4.74 Å². The number of rotatable bonds is 6. The van der Waals surface area contributed by atoms with Gasteiger partial charge < -0.3 is 14.7 Å². The van der Waals surface area contributed by atoms with Crippen LogP contribution >= 0.6 is 0 Å². The zero-order valence-corrected chi connectivity index (χ0v) is 13.9. The number of hydrogen-bond acceptors (Lipinski definition) is 3. The Balaban J connectivity index is 1.76. The van der Waals surface area contributed by atoms with Crippen LogP contribution in [0.15, 0.2) is 54.6 Å². The van der Waals surface area contributed by atoms with Crippen LogP contribution in [0.2, 0.25) is 0 Å². The number of fused-ring (bicyclic) bond motifs is 1. The van der Waals surface area contributed by atoms with Gasteiger partial charge in [0.25, 0.3) is 0 Å². The number of carbonyl (C=O) groups excluding carboxylic acids is 1. The molecule has 130 valence electrons. The molecule has 1 heterocycles. The third kappa shape index (κ3) is 4.18. The lowest BCUT2D eigenvalue weighted by atomic mass is 9.91. The molecule has 0 aliphatic carbocycles. The highest BCUT2D eigenvalue weighted by molar-refractivity contribution is 5.87. The number of nitrogens with zero attached hydrogens (tertiary/aromatic N) is 1. The van der Waals surface area contributed by atoms with Gasteiger partial charge in [0.2, 0.25) is 5.91 Å². The SMILES string of the molecule is O=C(O)CN(CCc1ccccc1)C(=O)C1CCOc2ccccc21. The highest BCUT2D eigenvalue weighted by atomic mass is 16.5. The van der Waals surface area contributed by atoms with Gasteiger partial charge >= 0.3 is 5.97 Å². The molecular formula is C20H21NO4. The largest absolute Gasteiger partial charge is 0.493 e. The van der Waals surface area contributed by atoms with Crippen LogP contribution in [0.1, 0.15) is 23.5 Å². The van der Waals surface area contributed by atoms with Gasteiger partial charge in [0.05, 0.1) is 12.5 Å². The van der Waals surface area contributed by atoms with Gasteiger partial charge in [0, 0.05) is 12.1 Å². The first kappa shape index (κ1) is 17.0. The average molecular weight is 339 g/mol. The van der Waals surface area contributed by atoms with E-state index in [0.717, 1.165) is 11.1 Å². The minimum atomic E-state index is -0.998. The van der Waals surface area contributed by atoms with Gasteiger partial charge in [-0.2, -0.15) is 0 Å². The molecule has 0 fully saturated rings. The third-order valence-corrected chi connectivity index (χ3v) is 4.41. The van der Waals surface area contributed by atoms with Crippen LogP contribution in [0.3, 0.4) is 0 Å². The van der Waals surface area contributed by atoms with E-state index in [1.807, 2.05) is 54.6 Å². The van der Waals surface area contributed by atoms with Crippen molar-refractivity contribution in [2.45, 2.75) is 18.8 Å². The smallest absolute Gasteiger partial charge is 0.323 e. The Labute approximate surface area is 146 Å². The van der Waals surface area contributed by atoms with Crippen molar-refractivity contribution in [3.8, 4) is 5.75 Å². The first-order valence-electron chi connectivity index (χ1n) is 8.41. The molecule has 0 saturated heterocycles. The van der Waals surface area contributed by atoms with E-state index < -0.39 is 5.97 Å². The van der Waals surface area contributed by atoms with Crippen molar-refractivity contribution in [3.63, 3.8) is 0 Å². The van der Waals surface area contributed by atoms with E-state index in [1.165, 1.54) is 4.90 Å². The Morgan fingerprint density at radius 2 is 1.80 bits per heavy atom. The first-order valence-corrected chi connectivity index (χ1v) is 8.41. The Morgan fingerprint density at radius 1 is 1.08 bits per heavy atom. The number of benzene rings is 2. The van der Waals surface area contributed by atoms with E-state index in [-0.39, 0.29) is 18.4 Å². The number of carbonyl (C=O) groups is 2. The zero-order valence-electron chi connectivity index (χ0n) is 13.9. The molecule has 0 aromatic heterocycles. The molecule has 0 spiro atoms. The molecule has 0 saturated carbocycles. The van der Waals surface area contributed by atoms with E-state index >= 15 is 0 Å². The van der Waals surface area contributed by atoms with Gasteiger partial charge in [-0.3, -0.25) is 9.59 Å². The minimum Gasteiger partial charge on any atom is -0.493 e. The Morgan fingerprint density at radius 3 is 2.56 bits per heavy atom. The topological polar surface area (TPSA) is 66.8 Å². The summed E-state index contributed by atoms with van der Waals surface area (Å²) in [6, 6.07) is 17.2. The van der Waals surface area contributed by atoms with Crippen LogP contribution < -0.4 is 4.74 Å². The summed E-state index contributed by atoms with van der Waals surface area (Å²) >= 11 is 0. The molecule has 0 radical (unpaired) electrons. The maximum Gasteiger partial charge on any atom is 0.323 e. The molecule has 5 nitrogen and oxygen atoms in total. The summed E-state index contributed by atoms with van der Waals surface area (Å²) in [5.74, 6) is -0.777. The Bertz CT molecular complexity index is 744. The summed E-state index contributed by atoms with van der Waals surface area (Å²) in [5.41, 5.74) is 1.92. The highest BCUT2D eigenvalue weighted by Gasteiger charge is 2.31. The number of carboxylic acid groups (broad SMARTS) is 1. The highest BCUT2D eigenvalue weighted by Crippen LogP contribution is 2.34. The fourth-order valence-electron chi connectivity index (χ4n) is 3.16. The van der Waals surface area contributed by atoms with Crippen LogP contribution in [-0.4, -0.2) is 41.6 Å². The second kappa shape index (κ2) is 7.83. The Hall–Kier alpha value is -2.82. The van der Waals surface area contributed by atoms with Crippen molar-refractivity contribution in [2.75, 3.05) is 19.7 Å². The van der Waals surface area contributed by atoms with E-state index in [0.29, 0.717) is 31.7 Å². The predicted molar refractivity (Wildman–Crippen MR) is 93.7 cm³/mol. The summed E-state index contributed by atoms with van der Waals surface area (Å²) < 4.78 is 5.61. The molecule has 0 bridgehead atoms. The van der Waals surface area contributed by atoms with Gasteiger partial charge in [-0.15, -0.1) is 0 Å². The molecule has 5 heteroatoms. The van der Waals surface area contributed by atoms with Gasteiger partial charge in [0.15, 0.2) is 0 Å². The van der Waals surface area contributed by atoms with Crippen molar-refractivity contribution >= 4 is 11.9 Å². The standard InChI is InChI=1S/C20H21NO4/c22-19(23)14-21(12-10-15-6-2-1-3-7-15)20(24)17-11-13-25-18-9-5-4-8-16(17)18/h1-9,17H,10-14H2,(H,22,23). The van der Waals surface area contributed by atoms with Gasteiger partial charge in [-0.05, 0) is 24.5 Å². The molecule has 2 aromatic rings. The fourth-order valence-corrected chi connectivity index (χ4v) is 3.16. The molecule has 1 aliphatic heterocycles. The van der Waals surface area contributed by atoms with Crippen LogP contribution in [0.4, 0.5) is 0 Å². The number of para-hydroxylation sites is 1. The van der Waals surface area contributed by atoms with Crippen molar-refractivity contribution in [1.82, 2.24) is 4.90 Å². The van der Waals surface area contributed by atoms with Crippen LogP contribution in [-0.2, 0) is 16.0 Å². The van der Waals surface area contributed by atoms with Crippen molar-refractivity contribution < 1.29 is 19.4 Å². The van der Waals surface area contributed by atoms with Crippen LogP contribution in [0, 0.1) is 0 Å². The van der Waals surface area contributed by atoms with Gasteiger partial charge in [-0.25, -0.2) is 0 Å². The molecule has 25 heavy (non-hydrogen) atoms. The lowest BCUT2D eigenvalue weighted by Gasteiger charge is -2.30. The van der Waals surface area contributed by atoms with E-state index in [9.17, 15) is 14.7 Å². The molecule has 1 atom stereocenters. The molecule has 1 N–H and O–H groups in total. The normalized spacial score (nSPS) is 15.8. The van der Waals surface area contributed by atoms with Crippen LogP contribution in [0.5, 0.6) is 5.75 Å². The quantitative estimate of drug-likeness (QED) is 0.879. The van der Waals surface area contributed by atoms with Crippen molar-refractivity contribution in [1.29, 1.82) is 0 Å². The summed E-state index contributed by atoms with van der Waals surface area (Å²) in [4.78, 5) is 25.7. The van der Waals surface area contributed by atoms with Crippen molar-refractivity contribution in [3.05, 3.63) is 65.7 Å². The predicted octanol–water partition coefficient (Wildman–Crippen LogP) is 2.71. The van der Waals surface area contributed by atoms with Crippen LogP contribution in [0.25, 0.3) is 0 Å². The van der Waals surface area contributed by atoms with E-state index in [2.05, 4.69) is 0 Å². The molecule has 1 amide bonds. The number of amides is 1. The monoisotopic (exact) mass is 339 g/mol. The molecule has 2 aromatic carbocycles. The fraction of sp³-hybridized carbons (Fsp3) is 0.300. The maximum absolute atomic E-state index is 13.0. The zero-order chi connectivity index (χ0) is 17.6. The molecule has 1 aliphatic rings. The number of aliphatic carboxylic acids is 1. The minimum absolute atomic E-state index is 0.144.